The van der Waals surface area contributed by atoms with E-state index in [-0.39, 0.29) is 0 Å². The first-order chi connectivity index (χ1) is 10.9. The highest BCUT2D eigenvalue weighted by atomic mass is 15.4. The first-order valence-corrected chi connectivity index (χ1v) is 9.88. The third-order valence-electron chi connectivity index (χ3n) is 6.69. The summed E-state index contributed by atoms with van der Waals surface area (Å²) in [5.74, 6) is 4.77. The molecular weight excluding hydrogens is 280 g/mol. The zero-order valence-corrected chi connectivity index (χ0v) is 16.0. The fraction of sp³-hybridized carbons (Fsp3) is 0.857. The Morgan fingerprint density at radius 1 is 0.609 bits per heavy atom. The highest BCUT2D eigenvalue weighted by molar-refractivity contribution is 5.07. The number of nitrogens with zero attached hydrogens (tertiary/aromatic N) is 2. The predicted molar refractivity (Wildman–Crippen MR) is 97.1 cm³/mol. The molecule has 0 aromatic carbocycles. The van der Waals surface area contributed by atoms with Crippen LogP contribution in [-0.2, 0) is 0 Å². The standard InChI is InChI=1S/C21H36N2/c1-14-9-16(3)20(17(4)10-14)22-7-8-23(13-22)21-18(5)11-15(2)12-19(21)6/h7-8,14-21H,9-12H2,1-6H3. The molecule has 2 nitrogen and oxygen atoms in total. The van der Waals surface area contributed by atoms with Gasteiger partial charge in [-0.05, 0) is 61.2 Å². The molecule has 2 aliphatic carbocycles. The lowest BCUT2D eigenvalue weighted by molar-refractivity contribution is 0.0588. The van der Waals surface area contributed by atoms with Gasteiger partial charge in [-0.25, -0.2) is 0 Å². The molecule has 3 rings (SSSR count). The summed E-state index contributed by atoms with van der Waals surface area (Å²) in [7, 11) is 0. The van der Waals surface area contributed by atoms with E-state index in [0.29, 0.717) is 12.1 Å². The normalized spacial score (nSPS) is 48.1. The van der Waals surface area contributed by atoms with Crippen LogP contribution >= 0.6 is 0 Å². The Kier molecular flexibility index (Phi) is 4.99. The molecule has 2 radical (unpaired) electrons. The largest absolute Gasteiger partial charge is 0.343 e. The molecule has 23 heavy (non-hydrogen) atoms. The Morgan fingerprint density at radius 3 is 1.22 bits per heavy atom. The molecule has 0 aromatic rings. The summed E-state index contributed by atoms with van der Waals surface area (Å²) in [6.45, 7) is 18.3. The molecule has 0 saturated heterocycles. The zero-order chi connectivity index (χ0) is 16.7. The van der Waals surface area contributed by atoms with Crippen molar-refractivity contribution in [2.24, 2.45) is 35.5 Å². The van der Waals surface area contributed by atoms with Crippen LogP contribution in [-0.4, -0.2) is 21.9 Å². The molecule has 2 heteroatoms. The lowest BCUT2D eigenvalue weighted by Gasteiger charge is -2.45. The molecule has 1 aliphatic heterocycles. The minimum absolute atomic E-state index is 0.626. The van der Waals surface area contributed by atoms with Gasteiger partial charge in [0.15, 0.2) is 0 Å². The van der Waals surface area contributed by atoms with Gasteiger partial charge < -0.3 is 9.80 Å². The van der Waals surface area contributed by atoms with Gasteiger partial charge in [0.05, 0.1) is 0 Å². The maximum Gasteiger partial charge on any atom is 0.208 e. The molecule has 2 fully saturated rings. The second-order valence-electron chi connectivity index (χ2n) is 9.26. The van der Waals surface area contributed by atoms with Crippen molar-refractivity contribution in [3.05, 3.63) is 19.1 Å². The van der Waals surface area contributed by atoms with E-state index in [9.17, 15) is 0 Å². The lowest BCUT2D eigenvalue weighted by atomic mass is 9.73. The summed E-state index contributed by atoms with van der Waals surface area (Å²) in [4.78, 5) is 4.83. The van der Waals surface area contributed by atoms with Gasteiger partial charge in [0.1, 0.15) is 0 Å². The number of hydrogen-bond donors (Lipinski definition) is 0. The summed E-state index contributed by atoms with van der Waals surface area (Å²) in [6, 6.07) is 1.25. The van der Waals surface area contributed by atoms with Crippen LogP contribution < -0.4 is 0 Å². The summed E-state index contributed by atoms with van der Waals surface area (Å²) in [6.07, 6.45) is 10.0. The lowest BCUT2D eigenvalue weighted by Crippen LogP contribution is -2.47. The SMILES string of the molecule is CC1CC(C)C(N2[C]N(C3C(C)CC(C)CC3C)C=C2)C(C)C1. The second-order valence-corrected chi connectivity index (χ2v) is 9.26. The van der Waals surface area contributed by atoms with Gasteiger partial charge in [-0.2, -0.15) is 0 Å². The van der Waals surface area contributed by atoms with Gasteiger partial charge in [-0.15, -0.1) is 0 Å². The van der Waals surface area contributed by atoms with E-state index in [2.05, 4.69) is 70.4 Å². The minimum atomic E-state index is 0.626. The molecule has 0 spiro atoms. The van der Waals surface area contributed by atoms with Crippen LogP contribution in [0, 0.1) is 42.2 Å². The molecule has 3 aliphatic rings. The molecule has 0 amide bonds. The minimum Gasteiger partial charge on any atom is -0.343 e. The van der Waals surface area contributed by atoms with Crippen LogP contribution in [0.2, 0.25) is 0 Å². The Bertz CT molecular complexity index is 370. The van der Waals surface area contributed by atoms with Crippen molar-refractivity contribution in [2.45, 2.75) is 79.3 Å². The van der Waals surface area contributed by atoms with E-state index in [4.69, 9.17) is 0 Å². The summed E-state index contributed by atoms with van der Waals surface area (Å²) < 4.78 is 0. The van der Waals surface area contributed by atoms with Crippen LogP contribution in [0.15, 0.2) is 12.4 Å². The summed E-state index contributed by atoms with van der Waals surface area (Å²) in [5, 5.41) is 0. The van der Waals surface area contributed by atoms with Crippen molar-refractivity contribution in [3.63, 3.8) is 0 Å². The zero-order valence-electron chi connectivity index (χ0n) is 16.0. The smallest absolute Gasteiger partial charge is 0.208 e. The second kappa shape index (κ2) is 6.69. The van der Waals surface area contributed by atoms with Crippen LogP contribution in [0.4, 0.5) is 0 Å². The average Bonchev–Trinajstić information content (AvgIpc) is 2.85. The summed E-state index contributed by atoms with van der Waals surface area (Å²) in [5.41, 5.74) is 0. The van der Waals surface area contributed by atoms with Crippen molar-refractivity contribution >= 4 is 0 Å². The number of hydrogen-bond acceptors (Lipinski definition) is 2. The monoisotopic (exact) mass is 316 g/mol. The Balaban J connectivity index is 1.66. The molecule has 0 bridgehead atoms. The van der Waals surface area contributed by atoms with E-state index < -0.39 is 0 Å². The van der Waals surface area contributed by atoms with Crippen molar-refractivity contribution in [1.82, 2.24) is 9.80 Å². The van der Waals surface area contributed by atoms with E-state index in [1.165, 1.54) is 25.7 Å². The molecule has 0 aromatic heterocycles. The fourth-order valence-electron chi connectivity index (χ4n) is 6.18. The van der Waals surface area contributed by atoms with Gasteiger partial charge in [0.25, 0.3) is 0 Å². The molecule has 0 N–H and O–H groups in total. The molecule has 1 heterocycles. The Morgan fingerprint density at radius 2 is 0.913 bits per heavy atom. The van der Waals surface area contributed by atoms with Crippen molar-refractivity contribution < 1.29 is 0 Å². The van der Waals surface area contributed by atoms with Crippen LogP contribution in [0.5, 0.6) is 0 Å². The van der Waals surface area contributed by atoms with E-state index >= 15 is 0 Å². The highest BCUT2D eigenvalue weighted by Crippen LogP contribution is 2.41. The van der Waals surface area contributed by atoms with Crippen LogP contribution in [0.25, 0.3) is 0 Å². The Hall–Kier alpha value is -0.660. The number of rotatable bonds is 2. The Labute approximate surface area is 144 Å². The molecule has 2 saturated carbocycles. The molecule has 4 atom stereocenters. The quantitative estimate of drug-likeness (QED) is 0.689. The molecule has 4 unspecified atom stereocenters. The predicted octanol–water partition coefficient (Wildman–Crippen LogP) is 5.21. The third-order valence-corrected chi connectivity index (χ3v) is 6.69. The third kappa shape index (κ3) is 3.42. The van der Waals surface area contributed by atoms with Crippen molar-refractivity contribution in [1.29, 1.82) is 0 Å². The van der Waals surface area contributed by atoms with Gasteiger partial charge in [-0.3, -0.25) is 0 Å². The van der Waals surface area contributed by atoms with Gasteiger partial charge in [0.2, 0.25) is 6.67 Å². The fourth-order valence-corrected chi connectivity index (χ4v) is 6.18. The van der Waals surface area contributed by atoms with E-state index in [1.807, 2.05) is 0 Å². The van der Waals surface area contributed by atoms with Crippen LogP contribution in [0.1, 0.15) is 67.2 Å². The molecule has 130 valence electrons. The summed E-state index contributed by atoms with van der Waals surface area (Å²) >= 11 is 0. The van der Waals surface area contributed by atoms with Gasteiger partial charge in [-0.1, -0.05) is 41.5 Å². The average molecular weight is 317 g/mol. The van der Waals surface area contributed by atoms with Crippen LogP contribution in [0.3, 0.4) is 0 Å². The first-order valence-electron chi connectivity index (χ1n) is 9.88. The maximum atomic E-state index is 3.74. The van der Waals surface area contributed by atoms with E-state index in [0.717, 1.165) is 35.5 Å². The topological polar surface area (TPSA) is 6.48 Å². The maximum absolute atomic E-state index is 3.74. The molecular formula is C21H36N2. The van der Waals surface area contributed by atoms with Gasteiger partial charge >= 0.3 is 0 Å². The van der Waals surface area contributed by atoms with Crippen molar-refractivity contribution in [3.8, 4) is 0 Å². The van der Waals surface area contributed by atoms with E-state index in [1.54, 1.807) is 0 Å². The highest BCUT2D eigenvalue weighted by Gasteiger charge is 2.40. The van der Waals surface area contributed by atoms with Gasteiger partial charge in [0, 0.05) is 24.5 Å². The first kappa shape index (κ1) is 17.2. The van der Waals surface area contributed by atoms with Crippen molar-refractivity contribution in [2.75, 3.05) is 0 Å².